The lowest BCUT2D eigenvalue weighted by Gasteiger charge is -2.47. The Morgan fingerprint density at radius 1 is 1.10 bits per heavy atom. The van der Waals surface area contributed by atoms with Crippen LogP contribution in [0.25, 0.3) is 0 Å². The molecule has 1 heterocycles. The Hall–Kier alpha value is -1.06. The van der Waals surface area contributed by atoms with Crippen LogP contribution in [-0.2, 0) is 9.59 Å². The molecular weight excluding hydrogens is 266 g/mol. The number of hydrogen-bond acceptors (Lipinski definition) is 2. The largest absolute Gasteiger partial charge is 0.481 e. The summed E-state index contributed by atoms with van der Waals surface area (Å²) in [5.74, 6) is -0.194. The molecule has 21 heavy (non-hydrogen) atoms. The Kier molecular flexibility index (Phi) is 3.53. The number of carbonyl (C=O) groups excluding carboxylic acids is 1. The number of likely N-dealkylation sites (tertiary alicyclic amines) is 1. The summed E-state index contributed by atoms with van der Waals surface area (Å²) in [4.78, 5) is 26.3. The van der Waals surface area contributed by atoms with Crippen molar-refractivity contribution in [1.82, 2.24) is 4.90 Å². The molecule has 3 fully saturated rings. The molecule has 5 unspecified atom stereocenters. The van der Waals surface area contributed by atoms with Crippen molar-refractivity contribution in [3.63, 3.8) is 0 Å². The van der Waals surface area contributed by atoms with Gasteiger partial charge in [-0.1, -0.05) is 33.6 Å². The van der Waals surface area contributed by atoms with E-state index in [0.717, 1.165) is 19.4 Å². The van der Waals surface area contributed by atoms with E-state index < -0.39 is 11.9 Å². The summed E-state index contributed by atoms with van der Waals surface area (Å²) in [5.41, 5.74) is -0.379. The number of nitrogens with zero attached hydrogens (tertiary/aromatic N) is 1. The fourth-order valence-corrected chi connectivity index (χ4v) is 4.93. The Bertz CT molecular complexity index is 459. The number of hydrogen-bond donors (Lipinski definition) is 1. The molecule has 0 radical (unpaired) electrons. The van der Waals surface area contributed by atoms with Crippen LogP contribution in [0.4, 0.5) is 0 Å². The second kappa shape index (κ2) is 4.99. The second-order valence-electron chi connectivity index (χ2n) is 7.93. The highest BCUT2D eigenvalue weighted by molar-refractivity contribution is 5.91. The molecule has 0 aromatic carbocycles. The predicted octanol–water partition coefficient (Wildman–Crippen LogP) is 2.77. The summed E-state index contributed by atoms with van der Waals surface area (Å²) in [6.07, 6.45) is 5.88. The number of fused-ring (bicyclic) bond motifs is 1. The monoisotopic (exact) mass is 293 g/mol. The molecule has 2 saturated carbocycles. The van der Waals surface area contributed by atoms with Gasteiger partial charge >= 0.3 is 5.97 Å². The van der Waals surface area contributed by atoms with Crippen molar-refractivity contribution in [1.29, 1.82) is 0 Å². The molecule has 0 bridgehead atoms. The van der Waals surface area contributed by atoms with Gasteiger partial charge in [0.1, 0.15) is 0 Å². The minimum absolute atomic E-state index is 0.108. The minimum Gasteiger partial charge on any atom is -0.481 e. The zero-order valence-corrected chi connectivity index (χ0v) is 13.3. The van der Waals surface area contributed by atoms with E-state index in [-0.39, 0.29) is 17.2 Å². The number of carbonyl (C=O) groups is 2. The lowest BCUT2D eigenvalue weighted by Crippen LogP contribution is -2.53. The molecule has 0 aromatic rings. The minimum atomic E-state index is -0.816. The summed E-state index contributed by atoms with van der Waals surface area (Å²) in [6.45, 7) is 6.96. The molecule has 1 amide bonds. The van der Waals surface area contributed by atoms with Crippen molar-refractivity contribution >= 4 is 11.9 Å². The van der Waals surface area contributed by atoms with Crippen molar-refractivity contribution in [3.05, 3.63) is 0 Å². The van der Waals surface area contributed by atoms with E-state index in [2.05, 4.69) is 11.8 Å². The second-order valence-corrected chi connectivity index (χ2v) is 7.93. The predicted molar refractivity (Wildman–Crippen MR) is 79.6 cm³/mol. The zero-order valence-electron chi connectivity index (χ0n) is 13.3. The van der Waals surface area contributed by atoms with Crippen molar-refractivity contribution in [2.24, 2.45) is 29.1 Å². The van der Waals surface area contributed by atoms with Crippen LogP contribution < -0.4 is 0 Å². The third-order valence-electron chi connectivity index (χ3n) is 6.38. The molecule has 3 aliphatic rings. The van der Waals surface area contributed by atoms with E-state index >= 15 is 0 Å². The highest BCUT2D eigenvalue weighted by atomic mass is 16.4. The molecule has 1 aliphatic heterocycles. The third kappa shape index (κ3) is 2.27. The van der Waals surface area contributed by atoms with Crippen LogP contribution in [0.15, 0.2) is 0 Å². The van der Waals surface area contributed by atoms with Gasteiger partial charge in [0.25, 0.3) is 0 Å². The van der Waals surface area contributed by atoms with Crippen molar-refractivity contribution in [3.8, 4) is 0 Å². The van der Waals surface area contributed by atoms with Gasteiger partial charge in [0.15, 0.2) is 0 Å². The van der Waals surface area contributed by atoms with E-state index in [1.165, 1.54) is 19.3 Å². The molecule has 118 valence electrons. The van der Waals surface area contributed by atoms with E-state index in [0.29, 0.717) is 17.9 Å². The number of amides is 1. The van der Waals surface area contributed by atoms with Crippen molar-refractivity contribution in [2.45, 2.75) is 58.9 Å². The molecule has 4 nitrogen and oxygen atoms in total. The number of carboxylic acid groups (broad SMARTS) is 1. The molecular formula is C17H27NO3. The maximum atomic E-state index is 12.9. The van der Waals surface area contributed by atoms with Gasteiger partial charge in [-0.05, 0) is 36.5 Å². The number of aliphatic carboxylic acids is 1. The topological polar surface area (TPSA) is 57.6 Å². The van der Waals surface area contributed by atoms with Crippen LogP contribution in [0.1, 0.15) is 52.9 Å². The van der Waals surface area contributed by atoms with E-state index in [1.54, 1.807) is 0 Å². The Labute approximate surface area is 126 Å². The van der Waals surface area contributed by atoms with Crippen LogP contribution in [-0.4, -0.2) is 34.5 Å². The van der Waals surface area contributed by atoms with Gasteiger partial charge in [-0.15, -0.1) is 0 Å². The van der Waals surface area contributed by atoms with E-state index in [4.69, 9.17) is 0 Å². The lowest BCUT2D eigenvalue weighted by atomic mass is 9.72. The number of carboxylic acids is 1. The fourth-order valence-electron chi connectivity index (χ4n) is 4.93. The molecule has 5 atom stereocenters. The molecule has 1 saturated heterocycles. The maximum Gasteiger partial charge on any atom is 0.307 e. The van der Waals surface area contributed by atoms with E-state index in [9.17, 15) is 14.7 Å². The average molecular weight is 293 g/mol. The summed E-state index contributed by atoms with van der Waals surface area (Å²) in [6, 6.07) is 0.362. The quantitative estimate of drug-likeness (QED) is 0.851. The van der Waals surface area contributed by atoms with Crippen LogP contribution in [0, 0.1) is 29.1 Å². The summed E-state index contributed by atoms with van der Waals surface area (Å²) in [5, 5.41) is 9.31. The highest BCUT2D eigenvalue weighted by Crippen LogP contribution is 2.59. The summed E-state index contributed by atoms with van der Waals surface area (Å²) < 4.78 is 0. The van der Waals surface area contributed by atoms with Gasteiger partial charge in [-0.3, -0.25) is 9.59 Å². The van der Waals surface area contributed by atoms with Gasteiger partial charge in [-0.2, -0.15) is 0 Å². The molecule has 1 N–H and O–H groups in total. The number of piperidine rings is 1. The van der Waals surface area contributed by atoms with E-state index in [1.807, 2.05) is 13.8 Å². The first-order chi connectivity index (χ1) is 9.85. The van der Waals surface area contributed by atoms with Crippen molar-refractivity contribution < 1.29 is 14.7 Å². The van der Waals surface area contributed by atoms with Crippen LogP contribution in [0.5, 0.6) is 0 Å². The first kappa shape index (κ1) is 14.9. The Balaban J connectivity index is 1.77. The maximum absolute atomic E-state index is 12.9. The van der Waals surface area contributed by atoms with Gasteiger partial charge in [-0.25, -0.2) is 0 Å². The van der Waals surface area contributed by atoms with Gasteiger partial charge < -0.3 is 10.0 Å². The summed E-state index contributed by atoms with van der Waals surface area (Å²) >= 11 is 0. The van der Waals surface area contributed by atoms with Crippen LogP contribution in [0.3, 0.4) is 0 Å². The normalized spacial score (nSPS) is 41.3. The Morgan fingerprint density at radius 3 is 2.38 bits per heavy atom. The average Bonchev–Trinajstić information content (AvgIpc) is 3.02. The molecule has 4 heteroatoms. The molecule has 2 aliphatic carbocycles. The standard InChI is InChI=1S/C17H27NO3/c1-10-8-9-18(12-7-5-4-6-11(10)12)15(19)13-14(16(20)21)17(13,2)3/h10-14H,4-9H2,1-3H3,(H,20,21). The van der Waals surface area contributed by atoms with Crippen LogP contribution >= 0.6 is 0 Å². The third-order valence-corrected chi connectivity index (χ3v) is 6.38. The zero-order chi connectivity index (χ0) is 15.4. The van der Waals surface area contributed by atoms with Crippen LogP contribution in [0.2, 0.25) is 0 Å². The summed E-state index contributed by atoms with van der Waals surface area (Å²) in [7, 11) is 0. The van der Waals surface area contributed by atoms with Gasteiger partial charge in [0.05, 0.1) is 11.8 Å². The Morgan fingerprint density at radius 2 is 1.76 bits per heavy atom. The van der Waals surface area contributed by atoms with Crippen molar-refractivity contribution in [2.75, 3.05) is 6.54 Å². The number of rotatable bonds is 2. The first-order valence-electron chi connectivity index (χ1n) is 8.39. The molecule has 0 spiro atoms. The highest BCUT2D eigenvalue weighted by Gasteiger charge is 2.67. The van der Waals surface area contributed by atoms with Gasteiger partial charge in [0, 0.05) is 12.6 Å². The SMILES string of the molecule is CC1CCN(C(=O)C2C(C(=O)O)C2(C)C)C2CCCCC12. The smallest absolute Gasteiger partial charge is 0.307 e. The van der Waals surface area contributed by atoms with Gasteiger partial charge in [0.2, 0.25) is 5.91 Å². The first-order valence-corrected chi connectivity index (χ1v) is 8.39. The lowest BCUT2D eigenvalue weighted by molar-refractivity contribution is -0.145. The molecule has 0 aromatic heterocycles. The molecule has 3 rings (SSSR count). The fraction of sp³-hybridized carbons (Fsp3) is 0.882.